The van der Waals surface area contributed by atoms with E-state index in [2.05, 4.69) is 34.9 Å². The zero-order valence-corrected chi connectivity index (χ0v) is 5.72. The number of nitrogens with one attached hydrogen (secondary N) is 2. The summed E-state index contributed by atoms with van der Waals surface area (Å²) in [6, 6.07) is 8.34. The maximum atomic E-state index is 3.28. The van der Waals surface area contributed by atoms with E-state index in [1.807, 2.05) is 0 Å². The molecule has 2 N–H and O–H groups in total. The van der Waals surface area contributed by atoms with Crippen molar-refractivity contribution in [2.24, 2.45) is 0 Å². The maximum absolute atomic E-state index is 3.28. The van der Waals surface area contributed by atoms with E-state index >= 15 is 0 Å². The molecule has 2 nitrogen and oxygen atoms in total. The van der Waals surface area contributed by atoms with E-state index in [0.29, 0.717) is 0 Å². The minimum absolute atomic E-state index is 1.01. The molecule has 0 aromatic heterocycles. The average Bonchev–Trinajstić information content (AvgIpc) is 1.89. The molecule has 1 aromatic carbocycles. The Bertz CT molecular complexity index is 190. The van der Waals surface area contributed by atoms with E-state index in [1.54, 1.807) is 0 Å². The highest BCUT2D eigenvalue weighted by Crippen LogP contribution is 2.14. The normalized spacial score (nSPS) is 14.8. The third kappa shape index (κ3) is 0.923. The lowest BCUT2D eigenvalue weighted by atomic mass is 10.2. The van der Waals surface area contributed by atoms with Crippen LogP contribution in [0.4, 0.5) is 11.4 Å². The van der Waals surface area contributed by atoms with Crippen LogP contribution in [0.5, 0.6) is 0 Å². The van der Waals surface area contributed by atoms with Crippen molar-refractivity contribution in [3.05, 3.63) is 24.3 Å². The molecule has 1 aromatic rings. The molecule has 2 bridgehead atoms. The number of hydrogen-bond donors (Lipinski definition) is 2. The Labute approximate surface area is 60.3 Å². The van der Waals surface area contributed by atoms with Gasteiger partial charge in [0.25, 0.3) is 0 Å². The van der Waals surface area contributed by atoms with Crippen LogP contribution in [0, 0.1) is 0 Å². The van der Waals surface area contributed by atoms with Gasteiger partial charge < -0.3 is 10.6 Å². The first kappa shape index (κ1) is 5.59. The Kier molecular flexibility index (Phi) is 1.24. The molecule has 2 aliphatic rings. The van der Waals surface area contributed by atoms with Gasteiger partial charge in [0.15, 0.2) is 0 Å². The minimum atomic E-state index is 1.01. The molecular weight excluding hydrogens is 124 g/mol. The quantitative estimate of drug-likeness (QED) is 0.562. The third-order valence-corrected chi connectivity index (χ3v) is 1.67. The Morgan fingerprint density at radius 1 is 0.800 bits per heavy atom. The molecular formula is C8H10N2. The van der Waals surface area contributed by atoms with E-state index in [-0.39, 0.29) is 0 Å². The van der Waals surface area contributed by atoms with Gasteiger partial charge in [-0.25, -0.2) is 0 Å². The molecule has 0 radical (unpaired) electrons. The highest BCUT2D eigenvalue weighted by Gasteiger charge is 1.96. The van der Waals surface area contributed by atoms with Gasteiger partial charge in [0.2, 0.25) is 0 Å². The van der Waals surface area contributed by atoms with Crippen LogP contribution in [0.3, 0.4) is 0 Å². The zero-order chi connectivity index (χ0) is 6.81. The van der Waals surface area contributed by atoms with Gasteiger partial charge in [-0.15, -0.1) is 0 Å². The molecule has 52 valence electrons. The molecule has 0 saturated heterocycles. The SMILES string of the molecule is c1cc2ccc1NCCN2. The van der Waals surface area contributed by atoms with Crippen LogP contribution in [0.15, 0.2) is 24.3 Å². The molecule has 2 heterocycles. The summed E-state index contributed by atoms with van der Waals surface area (Å²) in [6.07, 6.45) is 0. The smallest absolute Gasteiger partial charge is 0.0342 e. The van der Waals surface area contributed by atoms with Crippen molar-refractivity contribution in [3.63, 3.8) is 0 Å². The lowest BCUT2D eigenvalue weighted by Crippen LogP contribution is -2.15. The van der Waals surface area contributed by atoms with Crippen LogP contribution in [-0.2, 0) is 0 Å². The molecule has 0 amide bonds. The van der Waals surface area contributed by atoms with Gasteiger partial charge in [-0.3, -0.25) is 0 Å². The predicted molar refractivity (Wildman–Crippen MR) is 43.4 cm³/mol. The van der Waals surface area contributed by atoms with Crippen molar-refractivity contribution >= 4 is 11.4 Å². The Balaban J connectivity index is 2.40. The molecule has 0 fully saturated rings. The Morgan fingerprint density at radius 2 is 1.20 bits per heavy atom. The monoisotopic (exact) mass is 134 g/mol. The molecule has 2 heteroatoms. The van der Waals surface area contributed by atoms with Crippen LogP contribution in [0.2, 0.25) is 0 Å². The first-order chi connectivity index (χ1) is 4.95. The van der Waals surface area contributed by atoms with Gasteiger partial charge in [-0.05, 0) is 24.3 Å². The molecule has 0 spiro atoms. The van der Waals surface area contributed by atoms with Gasteiger partial charge in [-0.2, -0.15) is 0 Å². The van der Waals surface area contributed by atoms with Crippen LogP contribution in [0.25, 0.3) is 0 Å². The topological polar surface area (TPSA) is 24.1 Å². The Morgan fingerprint density at radius 3 is 1.60 bits per heavy atom. The second-order valence-electron chi connectivity index (χ2n) is 2.43. The van der Waals surface area contributed by atoms with Crippen LogP contribution in [-0.4, -0.2) is 13.1 Å². The van der Waals surface area contributed by atoms with Crippen molar-refractivity contribution in [2.45, 2.75) is 0 Å². The molecule has 2 aliphatic heterocycles. The van der Waals surface area contributed by atoms with E-state index in [9.17, 15) is 0 Å². The first-order valence-electron chi connectivity index (χ1n) is 3.53. The van der Waals surface area contributed by atoms with Crippen LogP contribution < -0.4 is 10.6 Å². The Hall–Kier alpha value is -1.18. The standard InChI is InChI=1S/C8H10N2/c1-2-8-4-3-7(1)9-5-6-10-8/h1-4,9-10H,5-6H2. The number of anilines is 2. The number of rotatable bonds is 0. The number of benzene rings is 1. The van der Waals surface area contributed by atoms with Crippen molar-refractivity contribution in [3.8, 4) is 0 Å². The van der Waals surface area contributed by atoms with Gasteiger partial charge in [0.1, 0.15) is 0 Å². The highest BCUT2D eigenvalue weighted by molar-refractivity contribution is 5.55. The fraction of sp³-hybridized carbons (Fsp3) is 0.250. The largest absolute Gasteiger partial charge is 0.383 e. The third-order valence-electron chi connectivity index (χ3n) is 1.67. The summed E-state index contributed by atoms with van der Waals surface area (Å²) < 4.78 is 0. The van der Waals surface area contributed by atoms with Crippen molar-refractivity contribution in [1.82, 2.24) is 0 Å². The van der Waals surface area contributed by atoms with Crippen LogP contribution in [0.1, 0.15) is 0 Å². The summed E-state index contributed by atoms with van der Waals surface area (Å²) in [5, 5.41) is 6.55. The van der Waals surface area contributed by atoms with E-state index < -0.39 is 0 Å². The van der Waals surface area contributed by atoms with Crippen molar-refractivity contribution in [1.29, 1.82) is 0 Å². The average molecular weight is 134 g/mol. The first-order valence-corrected chi connectivity index (χ1v) is 3.53. The fourth-order valence-corrected chi connectivity index (χ4v) is 1.12. The summed E-state index contributed by atoms with van der Waals surface area (Å²) in [6.45, 7) is 2.01. The summed E-state index contributed by atoms with van der Waals surface area (Å²) in [5.74, 6) is 0. The van der Waals surface area contributed by atoms with E-state index in [0.717, 1.165) is 13.1 Å². The molecule has 0 atom stereocenters. The van der Waals surface area contributed by atoms with Crippen LogP contribution >= 0.6 is 0 Å². The summed E-state index contributed by atoms with van der Waals surface area (Å²) in [5.41, 5.74) is 2.43. The molecule has 0 saturated carbocycles. The summed E-state index contributed by atoms with van der Waals surface area (Å²) >= 11 is 0. The lowest BCUT2D eigenvalue weighted by Gasteiger charge is -2.13. The maximum Gasteiger partial charge on any atom is 0.0342 e. The molecule has 3 rings (SSSR count). The van der Waals surface area contributed by atoms with Gasteiger partial charge in [-0.1, -0.05) is 0 Å². The second-order valence-corrected chi connectivity index (χ2v) is 2.43. The molecule has 0 aliphatic carbocycles. The minimum Gasteiger partial charge on any atom is -0.383 e. The molecule has 10 heavy (non-hydrogen) atoms. The molecule has 0 unspecified atom stereocenters. The van der Waals surface area contributed by atoms with Gasteiger partial charge in [0, 0.05) is 24.5 Å². The second kappa shape index (κ2) is 2.21. The number of hydrogen-bond acceptors (Lipinski definition) is 2. The fourth-order valence-electron chi connectivity index (χ4n) is 1.12. The lowest BCUT2D eigenvalue weighted by molar-refractivity contribution is 1.07. The van der Waals surface area contributed by atoms with Gasteiger partial charge >= 0.3 is 0 Å². The summed E-state index contributed by atoms with van der Waals surface area (Å²) in [4.78, 5) is 0. The van der Waals surface area contributed by atoms with Crippen molar-refractivity contribution in [2.75, 3.05) is 23.7 Å². The highest BCUT2D eigenvalue weighted by atomic mass is 15.0. The van der Waals surface area contributed by atoms with E-state index in [1.165, 1.54) is 11.4 Å². The predicted octanol–water partition coefficient (Wildman–Crippen LogP) is 1.52. The van der Waals surface area contributed by atoms with Crippen molar-refractivity contribution < 1.29 is 0 Å². The summed E-state index contributed by atoms with van der Waals surface area (Å²) in [7, 11) is 0. The zero-order valence-electron chi connectivity index (χ0n) is 5.72. The van der Waals surface area contributed by atoms with E-state index in [4.69, 9.17) is 0 Å². The number of fused-ring (bicyclic) bond motifs is 5. The van der Waals surface area contributed by atoms with Gasteiger partial charge in [0.05, 0.1) is 0 Å².